The highest BCUT2D eigenvalue weighted by Gasteiger charge is 2.25. The summed E-state index contributed by atoms with van der Waals surface area (Å²) in [6.07, 6.45) is 9.90. The summed E-state index contributed by atoms with van der Waals surface area (Å²) in [5.74, 6) is 1.51. The Bertz CT molecular complexity index is 212. The summed E-state index contributed by atoms with van der Waals surface area (Å²) >= 11 is 2.35. The van der Waals surface area contributed by atoms with Crippen LogP contribution < -0.4 is 5.32 Å². The van der Waals surface area contributed by atoms with Crippen molar-refractivity contribution in [2.45, 2.75) is 58.3 Å². The van der Waals surface area contributed by atoms with Crippen molar-refractivity contribution in [1.29, 1.82) is 0 Å². The van der Waals surface area contributed by atoms with Gasteiger partial charge in [-0.25, -0.2) is 0 Å². The molecule has 0 bridgehead atoms. The predicted octanol–water partition coefficient (Wildman–Crippen LogP) is 3.92. The molecule has 0 aromatic rings. The van der Waals surface area contributed by atoms with E-state index >= 15 is 0 Å². The van der Waals surface area contributed by atoms with Crippen LogP contribution in [0.3, 0.4) is 0 Å². The molecule has 0 unspecified atom stereocenters. The number of hydrogen-bond acceptors (Lipinski definition) is 1. The molecular formula is C14H26INO. The molecule has 3 heteroatoms. The van der Waals surface area contributed by atoms with E-state index in [-0.39, 0.29) is 0 Å². The van der Waals surface area contributed by atoms with Gasteiger partial charge in [-0.05, 0) is 38.0 Å². The summed E-state index contributed by atoms with van der Waals surface area (Å²) in [4.78, 5) is 11.9. The predicted molar refractivity (Wildman–Crippen MR) is 81.5 cm³/mol. The zero-order valence-electron chi connectivity index (χ0n) is 11.0. The van der Waals surface area contributed by atoms with Crippen molar-refractivity contribution in [1.82, 2.24) is 5.32 Å². The maximum Gasteiger partial charge on any atom is 0.223 e. The second-order valence-electron chi connectivity index (χ2n) is 5.19. The summed E-state index contributed by atoms with van der Waals surface area (Å²) in [7, 11) is 0. The molecule has 0 radical (unpaired) electrons. The minimum Gasteiger partial charge on any atom is -0.356 e. The minimum atomic E-state index is 0.307. The lowest BCUT2D eigenvalue weighted by Crippen LogP contribution is -2.33. The molecule has 0 aromatic carbocycles. The number of carbonyl (C=O) groups excluding carboxylic acids is 1. The third kappa shape index (κ3) is 6.07. The normalized spacial score (nSPS) is 24.6. The Balaban J connectivity index is 2.15. The van der Waals surface area contributed by atoms with Crippen LogP contribution in [0.4, 0.5) is 0 Å². The third-order valence-electron chi connectivity index (χ3n) is 3.79. The van der Waals surface area contributed by atoms with E-state index < -0.39 is 0 Å². The van der Waals surface area contributed by atoms with Crippen molar-refractivity contribution in [3.8, 4) is 0 Å². The van der Waals surface area contributed by atoms with E-state index in [0.717, 1.165) is 36.2 Å². The molecule has 2 nitrogen and oxygen atoms in total. The molecule has 100 valence electrons. The number of unbranched alkanes of at least 4 members (excludes halogenated alkanes) is 1. The summed E-state index contributed by atoms with van der Waals surface area (Å²) in [5.41, 5.74) is 0. The van der Waals surface area contributed by atoms with E-state index in [2.05, 4.69) is 34.8 Å². The highest BCUT2D eigenvalue weighted by atomic mass is 127. The molecule has 1 aliphatic carbocycles. The van der Waals surface area contributed by atoms with E-state index in [1.165, 1.54) is 32.1 Å². The van der Waals surface area contributed by atoms with Gasteiger partial charge in [0.25, 0.3) is 0 Å². The lowest BCUT2D eigenvalue weighted by molar-refractivity contribution is -0.126. The van der Waals surface area contributed by atoms with Crippen LogP contribution >= 0.6 is 22.6 Å². The molecule has 17 heavy (non-hydrogen) atoms. The van der Waals surface area contributed by atoms with Gasteiger partial charge in [-0.1, -0.05) is 48.8 Å². The largest absolute Gasteiger partial charge is 0.356 e. The Morgan fingerprint density at radius 2 is 1.94 bits per heavy atom. The maximum absolute atomic E-state index is 11.9. The molecular weight excluding hydrogens is 325 g/mol. The average molecular weight is 351 g/mol. The highest BCUT2D eigenvalue weighted by Crippen LogP contribution is 2.31. The second kappa shape index (κ2) is 9.17. The molecule has 1 aliphatic rings. The van der Waals surface area contributed by atoms with Gasteiger partial charge in [0.15, 0.2) is 0 Å². The summed E-state index contributed by atoms with van der Waals surface area (Å²) in [6, 6.07) is 0. The summed E-state index contributed by atoms with van der Waals surface area (Å²) < 4.78 is 1.13. The van der Waals surface area contributed by atoms with Crippen LogP contribution in [0.15, 0.2) is 0 Å². The molecule has 0 aromatic heterocycles. The Kier molecular flexibility index (Phi) is 8.23. The van der Waals surface area contributed by atoms with Crippen LogP contribution in [0.25, 0.3) is 0 Å². The number of carbonyl (C=O) groups is 1. The standard InChI is InChI=1S/C14H26INO/c1-2-3-5-12-6-8-13(9-7-12)14(17)16-11-4-10-15/h12-13H,2-11H2,1H3,(H,16,17). The topological polar surface area (TPSA) is 29.1 Å². The monoisotopic (exact) mass is 351 g/mol. The number of amides is 1. The van der Waals surface area contributed by atoms with Gasteiger partial charge in [-0.2, -0.15) is 0 Å². The molecule has 1 amide bonds. The lowest BCUT2D eigenvalue weighted by atomic mass is 9.79. The van der Waals surface area contributed by atoms with Crippen molar-refractivity contribution in [3.63, 3.8) is 0 Å². The van der Waals surface area contributed by atoms with Crippen molar-refractivity contribution >= 4 is 28.5 Å². The van der Waals surface area contributed by atoms with Crippen molar-refractivity contribution in [2.24, 2.45) is 11.8 Å². The van der Waals surface area contributed by atoms with Crippen molar-refractivity contribution < 1.29 is 4.79 Å². The van der Waals surface area contributed by atoms with Crippen molar-refractivity contribution in [3.05, 3.63) is 0 Å². The van der Waals surface area contributed by atoms with E-state index in [1.807, 2.05) is 0 Å². The quantitative estimate of drug-likeness (QED) is 0.420. The number of halogens is 1. The van der Waals surface area contributed by atoms with Crippen LogP contribution in [0.2, 0.25) is 0 Å². The highest BCUT2D eigenvalue weighted by molar-refractivity contribution is 14.1. The van der Waals surface area contributed by atoms with Crippen LogP contribution in [-0.2, 0) is 4.79 Å². The second-order valence-corrected chi connectivity index (χ2v) is 6.27. The first-order valence-electron chi connectivity index (χ1n) is 7.11. The minimum absolute atomic E-state index is 0.307. The van der Waals surface area contributed by atoms with Gasteiger partial charge in [-0.15, -0.1) is 0 Å². The average Bonchev–Trinajstić information content (AvgIpc) is 2.37. The number of rotatable bonds is 7. The first-order chi connectivity index (χ1) is 8.27. The zero-order valence-corrected chi connectivity index (χ0v) is 13.2. The Morgan fingerprint density at radius 1 is 1.24 bits per heavy atom. The van der Waals surface area contributed by atoms with Gasteiger partial charge in [0, 0.05) is 16.9 Å². The molecule has 1 fully saturated rings. The van der Waals surface area contributed by atoms with E-state index in [9.17, 15) is 4.79 Å². The van der Waals surface area contributed by atoms with Crippen LogP contribution in [0.1, 0.15) is 58.3 Å². The first-order valence-corrected chi connectivity index (χ1v) is 8.64. The van der Waals surface area contributed by atoms with Gasteiger partial charge in [-0.3, -0.25) is 4.79 Å². The van der Waals surface area contributed by atoms with Gasteiger partial charge in [0.1, 0.15) is 0 Å². The van der Waals surface area contributed by atoms with E-state index in [1.54, 1.807) is 0 Å². The van der Waals surface area contributed by atoms with Gasteiger partial charge in [0.05, 0.1) is 0 Å². The van der Waals surface area contributed by atoms with E-state index in [4.69, 9.17) is 0 Å². The van der Waals surface area contributed by atoms with Crippen LogP contribution in [-0.4, -0.2) is 16.9 Å². The fourth-order valence-corrected chi connectivity index (χ4v) is 3.01. The summed E-state index contributed by atoms with van der Waals surface area (Å²) in [5, 5.41) is 3.07. The molecule has 0 saturated heterocycles. The molecule has 1 N–H and O–H groups in total. The number of nitrogens with one attached hydrogen (secondary N) is 1. The first kappa shape index (κ1) is 15.3. The Labute approximate surface area is 119 Å². The molecule has 1 saturated carbocycles. The lowest BCUT2D eigenvalue weighted by Gasteiger charge is -2.27. The van der Waals surface area contributed by atoms with Gasteiger partial charge >= 0.3 is 0 Å². The molecule has 0 spiro atoms. The molecule has 0 aliphatic heterocycles. The Morgan fingerprint density at radius 3 is 2.53 bits per heavy atom. The van der Waals surface area contributed by atoms with Gasteiger partial charge < -0.3 is 5.32 Å². The SMILES string of the molecule is CCCCC1CCC(C(=O)NCCCI)CC1. The molecule has 0 heterocycles. The fraction of sp³-hybridized carbons (Fsp3) is 0.929. The summed E-state index contributed by atoms with van der Waals surface area (Å²) in [6.45, 7) is 3.11. The Hall–Kier alpha value is 0.200. The van der Waals surface area contributed by atoms with Crippen LogP contribution in [0.5, 0.6) is 0 Å². The third-order valence-corrected chi connectivity index (χ3v) is 4.56. The van der Waals surface area contributed by atoms with Gasteiger partial charge in [0.2, 0.25) is 5.91 Å². The fourth-order valence-electron chi connectivity index (χ4n) is 2.63. The molecule has 0 atom stereocenters. The maximum atomic E-state index is 11.9. The van der Waals surface area contributed by atoms with Crippen molar-refractivity contribution in [2.75, 3.05) is 11.0 Å². The smallest absolute Gasteiger partial charge is 0.223 e. The number of alkyl halides is 1. The number of hydrogen-bond donors (Lipinski definition) is 1. The zero-order chi connectivity index (χ0) is 12.5. The van der Waals surface area contributed by atoms with E-state index in [0.29, 0.717) is 11.8 Å². The van der Waals surface area contributed by atoms with Crippen LogP contribution in [0, 0.1) is 11.8 Å². The molecule has 1 rings (SSSR count).